The summed E-state index contributed by atoms with van der Waals surface area (Å²) in [5.41, 5.74) is 0.891. The molecule has 0 aromatic carbocycles. The summed E-state index contributed by atoms with van der Waals surface area (Å²) in [6.07, 6.45) is 0. The minimum Gasteiger partial charge on any atom is -0.373 e. The van der Waals surface area contributed by atoms with Crippen molar-refractivity contribution in [1.29, 1.82) is 0 Å². The van der Waals surface area contributed by atoms with E-state index >= 15 is 0 Å². The average molecular weight is 221 g/mol. The number of amides is 1. The zero-order valence-electron chi connectivity index (χ0n) is 9.27. The summed E-state index contributed by atoms with van der Waals surface area (Å²) in [7, 11) is 1.83. The maximum absolute atomic E-state index is 11.5. The fourth-order valence-corrected chi connectivity index (χ4v) is 1.62. The number of rotatable bonds is 3. The molecule has 5 heteroatoms. The van der Waals surface area contributed by atoms with E-state index in [-0.39, 0.29) is 12.5 Å². The summed E-state index contributed by atoms with van der Waals surface area (Å²) in [6, 6.07) is 5.74. The van der Waals surface area contributed by atoms with Crippen molar-refractivity contribution in [1.82, 2.24) is 9.88 Å². The lowest BCUT2D eigenvalue weighted by molar-refractivity contribution is -0.143. The number of aromatic nitrogens is 1. The molecule has 1 fully saturated rings. The zero-order chi connectivity index (χ0) is 11.4. The van der Waals surface area contributed by atoms with Crippen molar-refractivity contribution in [2.24, 2.45) is 0 Å². The molecule has 1 aromatic rings. The molecule has 86 valence electrons. The van der Waals surface area contributed by atoms with Crippen molar-refractivity contribution in [3.8, 4) is 0 Å². The van der Waals surface area contributed by atoms with Gasteiger partial charge in [-0.1, -0.05) is 6.07 Å². The molecule has 0 saturated carbocycles. The van der Waals surface area contributed by atoms with E-state index < -0.39 is 0 Å². The lowest BCUT2D eigenvalue weighted by Crippen LogP contribution is -2.41. The van der Waals surface area contributed by atoms with Crippen molar-refractivity contribution in [2.45, 2.75) is 6.54 Å². The maximum atomic E-state index is 11.5. The van der Waals surface area contributed by atoms with Crippen LogP contribution in [-0.2, 0) is 16.1 Å². The highest BCUT2D eigenvalue weighted by Crippen LogP contribution is 2.08. The Bertz CT molecular complexity index is 381. The number of nitrogens with zero attached hydrogens (tertiary/aromatic N) is 2. The van der Waals surface area contributed by atoms with Gasteiger partial charge in [-0.2, -0.15) is 0 Å². The largest absolute Gasteiger partial charge is 0.373 e. The number of ether oxygens (including phenoxy) is 1. The van der Waals surface area contributed by atoms with Crippen molar-refractivity contribution < 1.29 is 9.53 Å². The van der Waals surface area contributed by atoms with Crippen LogP contribution in [0.2, 0.25) is 0 Å². The molecular weight excluding hydrogens is 206 g/mol. The smallest absolute Gasteiger partial charge is 0.248 e. The third-order valence-corrected chi connectivity index (χ3v) is 2.50. The minimum absolute atomic E-state index is 0.0305. The molecule has 0 unspecified atom stereocenters. The minimum atomic E-state index is 0.0305. The molecular formula is C11H15N3O2. The van der Waals surface area contributed by atoms with E-state index in [0.717, 1.165) is 11.5 Å². The van der Waals surface area contributed by atoms with E-state index in [1.165, 1.54) is 0 Å². The molecule has 1 amide bonds. The number of carbonyl (C=O) groups is 1. The van der Waals surface area contributed by atoms with Gasteiger partial charge in [0.1, 0.15) is 12.4 Å². The SMILES string of the molecule is CNc1cccc(CN2CCOCC2=O)n1. The first-order valence-electron chi connectivity index (χ1n) is 5.29. The van der Waals surface area contributed by atoms with E-state index in [2.05, 4.69) is 10.3 Å². The molecule has 0 radical (unpaired) electrons. The van der Waals surface area contributed by atoms with Crippen LogP contribution >= 0.6 is 0 Å². The Hall–Kier alpha value is -1.62. The Morgan fingerprint density at radius 1 is 1.56 bits per heavy atom. The lowest BCUT2D eigenvalue weighted by Gasteiger charge is -2.26. The van der Waals surface area contributed by atoms with Crippen molar-refractivity contribution >= 4 is 11.7 Å². The van der Waals surface area contributed by atoms with Crippen LogP contribution in [0.1, 0.15) is 5.69 Å². The van der Waals surface area contributed by atoms with Gasteiger partial charge in [-0.3, -0.25) is 4.79 Å². The fraction of sp³-hybridized carbons (Fsp3) is 0.455. The highest BCUT2D eigenvalue weighted by Gasteiger charge is 2.18. The van der Waals surface area contributed by atoms with Crippen LogP contribution in [-0.4, -0.2) is 42.6 Å². The molecule has 2 rings (SSSR count). The summed E-state index contributed by atoms with van der Waals surface area (Å²) in [6.45, 7) is 1.99. The Balaban J connectivity index is 2.04. The monoisotopic (exact) mass is 221 g/mol. The van der Waals surface area contributed by atoms with E-state index in [9.17, 15) is 4.79 Å². The summed E-state index contributed by atoms with van der Waals surface area (Å²) in [5, 5.41) is 2.98. The second-order valence-corrected chi connectivity index (χ2v) is 3.63. The Morgan fingerprint density at radius 2 is 2.44 bits per heavy atom. The quantitative estimate of drug-likeness (QED) is 0.806. The van der Waals surface area contributed by atoms with Crippen LogP contribution < -0.4 is 5.32 Å². The zero-order valence-corrected chi connectivity index (χ0v) is 9.27. The Kier molecular flexibility index (Phi) is 3.36. The first kappa shape index (κ1) is 10.9. The van der Waals surface area contributed by atoms with Crippen molar-refractivity contribution in [3.63, 3.8) is 0 Å². The molecule has 1 aliphatic rings. The first-order chi connectivity index (χ1) is 7.79. The molecule has 2 heterocycles. The number of pyridine rings is 1. The van der Waals surface area contributed by atoms with Gasteiger partial charge < -0.3 is 15.0 Å². The van der Waals surface area contributed by atoms with Crippen LogP contribution in [0, 0.1) is 0 Å². The standard InChI is InChI=1S/C11H15N3O2/c1-12-10-4-2-3-9(13-10)7-14-5-6-16-8-11(14)15/h2-4H,5-8H2,1H3,(H,12,13). The molecule has 1 aromatic heterocycles. The van der Waals surface area contributed by atoms with Crippen LogP contribution in [0.3, 0.4) is 0 Å². The third-order valence-electron chi connectivity index (χ3n) is 2.50. The lowest BCUT2D eigenvalue weighted by atomic mass is 10.3. The van der Waals surface area contributed by atoms with Crippen LogP contribution in [0.4, 0.5) is 5.82 Å². The molecule has 1 N–H and O–H groups in total. The highest BCUT2D eigenvalue weighted by molar-refractivity contribution is 5.77. The van der Waals surface area contributed by atoms with Gasteiger partial charge in [0.25, 0.3) is 0 Å². The third kappa shape index (κ3) is 2.49. The molecule has 1 aliphatic heterocycles. The van der Waals surface area contributed by atoms with Gasteiger partial charge in [0.15, 0.2) is 0 Å². The number of hydrogen-bond acceptors (Lipinski definition) is 4. The molecule has 0 atom stereocenters. The second kappa shape index (κ2) is 4.94. The molecule has 16 heavy (non-hydrogen) atoms. The predicted octanol–water partition coefficient (Wildman–Crippen LogP) is 0.482. The summed E-state index contributed by atoms with van der Waals surface area (Å²) < 4.78 is 5.07. The van der Waals surface area contributed by atoms with Gasteiger partial charge in [-0.15, -0.1) is 0 Å². The van der Waals surface area contributed by atoms with Crippen LogP contribution in [0.15, 0.2) is 18.2 Å². The number of nitrogens with one attached hydrogen (secondary N) is 1. The fourth-order valence-electron chi connectivity index (χ4n) is 1.62. The maximum Gasteiger partial charge on any atom is 0.248 e. The number of anilines is 1. The van der Waals surface area contributed by atoms with Gasteiger partial charge in [0, 0.05) is 13.6 Å². The van der Waals surface area contributed by atoms with Gasteiger partial charge in [-0.05, 0) is 12.1 Å². The molecule has 0 bridgehead atoms. The van der Waals surface area contributed by atoms with Crippen LogP contribution in [0.5, 0.6) is 0 Å². The summed E-state index contributed by atoms with van der Waals surface area (Å²) in [5.74, 6) is 0.848. The van der Waals surface area contributed by atoms with Crippen molar-refractivity contribution in [2.75, 3.05) is 32.1 Å². The second-order valence-electron chi connectivity index (χ2n) is 3.63. The van der Waals surface area contributed by atoms with E-state index in [0.29, 0.717) is 19.7 Å². The molecule has 0 aliphatic carbocycles. The van der Waals surface area contributed by atoms with Gasteiger partial charge in [0.05, 0.1) is 18.8 Å². The van der Waals surface area contributed by atoms with Crippen molar-refractivity contribution in [3.05, 3.63) is 23.9 Å². The molecule has 0 spiro atoms. The van der Waals surface area contributed by atoms with Crippen LogP contribution in [0.25, 0.3) is 0 Å². The Morgan fingerprint density at radius 3 is 3.19 bits per heavy atom. The number of morpholine rings is 1. The first-order valence-corrected chi connectivity index (χ1v) is 5.29. The normalized spacial score (nSPS) is 16.3. The number of carbonyl (C=O) groups excluding carboxylic acids is 1. The molecule has 1 saturated heterocycles. The van der Waals surface area contributed by atoms with Gasteiger partial charge in [0.2, 0.25) is 5.91 Å². The van der Waals surface area contributed by atoms with Gasteiger partial charge >= 0.3 is 0 Å². The summed E-state index contributed by atoms with van der Waals surface area (Å²) >= 11 is 0. The van der Waals surface area contributed by atoms with E-state index in [1.807, 2.05) is 25.2 Å². The van der Waals surface area contributed by atoms with Gasteiger partial charge in [-0.25, -0.2) is 4.98 Å². The predicted molar refractivity (Wildman–Crippen MR) is 60.0 cm³/mol. The number of hydrogen-bond donors (Lipinski definition) is 1. The summed E-state index contributed by atoms with van der Waals surface area (Å²) in [4.78, 5) is 17.7. The topological polar surface area (TPSA) is 54.5 Å². The van der Waals surface area contributed by atoms with E-state index in [4.69, 9.17) is 4.74 Å². The Labute approximate surface area is 94.4 Å². The van der Waals surface area contributed by atoms with E-state index in [1.54, 1.807) is 4.90 Å². The highest BCUT2D eigenvalue weighted by atomic mass is 16.5. The molecule has 5 nitrogen and oxygen atoms in total. The average Bonchev–Trinajstić information content (AvgIpc) is 2.32.